The number of ether oxygens (including phenoxy) is 2. The van der Waals surface area contributed by atoms with E-state index in [0.29, 0.717) is 12.5 Å². The molecule has 1 aromatic heterocycles. The molecule has 0 radical (unpaired) electrons. The van der Waals surface area contributed by atoms with Crippen LogP contribution >= 0.6 is 0 Å². The number of rotatable bonds is 5. The molecule has 0 N–H and O–H groups in total. The van der Waals surface area contributed by atoms with Crippen LogP contribution < -0.4 is 9.47 Å². The van der Waals surface area contributed by atoms with Gasteiger partial charge in [-0.05, 0) is 42.0 Å². The summed E-state index contributed by atoms with van der Waals surface area (Å²) in [4.78, 5) is 4.55. The van der Waals surface area contributed by atoms with E-state index in [1.165, 1.54) is 0 Å². The second-order valence-electron chi connectivity index (χ2n) is 5.69. The Morgan fingerprint density at radius 2 is 1.44 bits per heavy atom. The van der Waals surface area contributed by atoms with E-state index in [2.05, 4.69) is 17.1 Å². The van der Waals surface area contributed by atoms with Gasteiger partial charge in [0.1, 0.15) is 18.1 Å². The van der Waals surface area contributed by atoms with E-state index >= 15 is 0 Å². The second-order valence-corrected chi connectivity index (χ2v) is 5.69. The van der Waals surface area contributed by atoms with Gasteiger partial charge in [-0.3, -0.25) is 0 Å². The molecular formula is C22H17NO2. The molecule has 122 valence electrons. The highest BCUT2D eigenvalue weighted by molar-refractivity contribution is 5.80. The predicted molar refractivity (Wildman–Crippen MR) is 99.0 cm³/mol. The lowest BCUT2D eigenvalue weighted by molar-refractivity contribution is 0.306. The number of pyridine rings is 1. The molecule has 3 aromatic carbocycles. The number of benzene rings is 3. The maximum Gasteiger partial charge on any atom is 0.219 e. The minimum Gasteiger partial charge on any atom is -0.489 e. The maximum absolute atomic E-state index is 5.87. The predicted octanol–water partition coefficient (Wildman–Crippen LogP) is 5.61. The summed E-state index contributed by atoms with van der Waals surface area (Å²) >= 11 is 0. The summed E-state index contributed by atoms with van der Waals surface area (Å²) in [6.45, 7) is 0.551. The molecule has 0 unspecified atom stereocenters. The van der Waals surface area contributed by atoms with Crippen LogP contribution in [0.25, 0.3) is 10.9 Å². The number of nitrogens with zero attached hydrogens (tertiary/aromatic N) is 1. The van der Waals surface area contributed by atoms with Gasteiger partial charge in [-0.1, -0.05) is 48.5 Å². The molecule has 25 heavy (non-hydrogen) atoms. The summed E-state index contributed by atoms with van der Waals surface area (Å²) in [6.07, 6.45) is 0. The first-order chi connectivity index (χ1) is 12.4. The van der Waals surface area contributed by atoms with E-state index in [4.69, 9.17) is 9.47 Å². The Bertz CT molecular complexity index is 969. The largest absolute Gasteiger partial charge is 0.489 e. The minimum atomic E-state index is 0.551. The first-order valence-corrected chi connectivity index (χ1v) is 8.17. The van der Waals surface area contributed by atoms with Crippen LogP contribution in [0, 0.1) is 0 Å². The highest BCUT2D eigenvalue weighted by Gasteiger charge is 2.03. The Morgan fingerprint density at radius 1 is 0.680 bits per heavy atom. The van der Waals surface area contributed by atoms with Crippen molar-refractivity contribution in [2.45, 2.75) is 6.61 Å². The van der Waals surface area contributed by atoms with Crippen LogP contribution in [0.3, 0.4) is 0 Å². The Balaban J connectivity index is 1.50. The highest BCUT2D eigenvalue weighted by atomic mass is 16.5. The zero-order valence-electron chi connectivity index (χ0n) is 13.6. The summed E-state index contributed by atoms with van der Waals surface area (Å²) < 4.78 is 11.6. The lowest BCUT2D eigenvalue weighted by atomic mass is 10.2. The van der Waals surface area contributed by atoms with Crippen molar-refractivity contribution < 1.29 is 9.47 Å². The molecule has 1 heterocycles. The molecule has 4 rings (SSSR count). The van der Waals surface area contributed by atoms with Crippen molar-refractivity contribution in [2.75, 3.05) is 0 Å². The second kappa shape index (κ2) is 7.05. The van der Waals surface area contributed by atoms with Crippen molar-refractivity contribution in [1.29, 1.82) is 0 Å². The van der Waals surface area contributed by atoms with Crippen molar-refractivity contribution in [3.05, 3.63) is 96.6 Å². The van der Waals surface area contributed by atoms with Crippen LogP contribution in [0.15, 0.2) is 91.0 Å². The molecule has 0 spiro atoms. The molecule has 3 nitrogen and oxygen atoms in total. The molecule has 0 amide bonds. The normalized spacial score (nSPS) is 10.6. The Labute approximate surface area is 146 Å². The molecule has 0 saturated carbocycles. The van der Waals surface area contributed by atoms with Crippen LogP contribution in [0.2, 0.25) is 0 Å². The Morgan fingerprint density at radius 3 is 2.24 bits per heavy atom. The van der Waals surface area contributed by atoms with Crippen molar-refractivity contribution in [3.8, 4) is 17.4 Å². The Kier molecular flexibility index (Phi) is 4.29. The zero-order valence-corrected chi connectivity index (χ0v) is 13.6. The van der Waals surface area contributed by atoms with E-state index in [0.717, 1.165) is 28.0 Å². The fourth-order valence-corrected chi connectivity index (χ4v) is 2.58. The fourth-order valence-electron chi connectivity index (χ4n) is 2.58. The van der Waals surface area contributed by atoms with E-state index in [9.17, 15) is 0 Å². The van der Waals surface area contributed by atoms with Gasteiger partial charge in [0.25, 0.3) is 0 Å². The molecular weight excluding hydrogens is 310 g/mol. The van der Waals surface area contributed by atoms with E-state index in [1.54, 1.807) is 0 Å². The maximum atomic E-state index is 5.87. The van der Waals surface area contributed by atoms with Gasteiger partial charge in [0.2, 0.25) is 5.88 Å². The lowest BCUT2D eigenvalue weighted by Crippen LogP contribution is -1.95. The molecule has 0 bridgehead atoms. The van der Waals surface area contributed by atoms with Crippen LogP contribution in [0.4, 0.5) is 0 Å². The quantitative estimate of drug-likeness (QED) is 0.478. The van der Waals surface area contributed by atoms with E-state index < -0.39 is 0 Å². The van der Waals surface area contributed by atoms with Gasteiger partial charge in [-0.2, -0.15) is 0 Å². The van der Waals surface area contributed by atoms with Crippen molar-refractivity contribution in [2.24, 2.45) is 0 Å². The number of hydrogen-bond donors (Lipinski definition) is 0. The summed E-state index contributed by atoms with van der Waals surface area (Å²) in [6, 6.07) is 29.5. The van der Waals surface area contributed by atoms with Crippen molar-refractivity contribution >= 4 is 10.9 Å². The number of aromatic nitrogens is 1. The van der Waals surface area contributed by atoms with Crippen LogP contribution in [0.1, 0.15) is 5.56 Å². The fraction of sp³-hybridized carbons (Fsp3) is 0.0455. The van der Waals surface area contributed by atoms with Crippen LogP contribution in [0.5, 0.6) is 17.4 Å². The topological polar surface area (TPSA) is 31.4 Å². The first kappa shape index (κ1) is 15.2. The van der Waals surface area contributed by atoms with Gasteiger partial charge in [0.15, 0.2) is 0 Å². The van der Waals surface area contributed by atoms with Gasteiger partial charge in [-0.15, -0.1) is 0 Å². The zero-order chi connectivity index (χ0) is 16.9. The molecule has 0 fully saturated rings. The van der Waals surface area contributed by atoms with Gasteiger partial charge in [0.05, 0.1) is 5.52 Å². The SMILES string of the molecule is c1ccc(COc2ccc3nc(Oc4ccccc4)ccc3c2)cc1. The van der Waals surface area contributed by atoms with E-state index in [-0.39, 0.29) is 0 Å². The molecule has 0 aliphatic carbocycles. The first-order valence-electron chi connectivity index (χ1n) is 8.17. The van der Waals surface area contributed by atoms with Crippen molar-refractivity contribution in [1.82, 2.24) is 4.98 Å². The molecule has 0 saturated heterocycles. The smallest absolute Gasteiger partial charge is 0.219 e. The van der Waals surface area contributed by atoms with Crippen LogP contribution in [-0.2, 0) is 6.61 Å². The van der Waals surface area contributed by atoms with Gasteiger partial charge in [0, 0.05) is 11.5 Å². The summed E-state index contributed by atoms with van der Waals surface area (Å²) in [5, 5.41) is 1.02. The third-order valence-electron chi connectivity index (χ3n) is 3.85. The molecule has 4 aromatic rings. The van der Waals surface area contributed by atoms with Crippen LogP contribution in [-0.4, -0.2) is 4.98 Å². The molecule has 3 heteroatoms. The third-order valence-corrected chi connectivity index (χ3v) is 3.85. The van der Waals surface area contributed by atoms with Gasteiger partial charge < -0.3 is 9.47 Å². The van der Waals surface area contributed by atoms with Gasteiger partial charge >= 0.3 is 0 Å². The Hall–Kier alpha value is -3.33. The van der Waals surface area contributed by atoms with Crippen molar-refractivity contribution in [3.63, 3.8) is 0 Å². The summed E-state index contributed by atoms with van der Waals surface area (Å²) in [5.74, 6) is 2.18. The number of para-hydroxylation sites is 1. The summed E-state index contributed by atoms with van der Waals surface area (Å²) in [7, 11) is 0. The molecule has 0 aliphatic heterocycles. The van der Waals surface area contributed by atoms with E-state index in [1.807, 2.05) is 78.9 Å². The monoisotopic (exact) mass is 327 g/mol. The lowest BCUT2D eigenvalue weighted by Gasteiger charge is -2.09. The standard InChI is InChI=1S/C22H17NO2/c1-3-7-17(8-4-1)16-24-20-12-13-21-18(15-20)11-14-22(23-21)25-19-9-5-2-6-10-19/h1-15H,16H2. The minimum absolute atomic E-state index is 0.551. The average Bonchev–Trinajstić information content (AvgIpc) is 2.68. The number of hydrogen-bond acceptors (Lipinski definition) is 3. The molecule has 0 aliphatic rings. The average molecular weight is 327 g/mol. The highest BCUT2D eigenvalue weighted by Crippen LogP contribution is 2.25. The number of fused-ring (bicyclic) bond motifs is 1. The summed E-state index contributed by atoms with van der Waals surface area (Å²) in [5.41, 5.74) is 2.02. The molecule has 0 atom stereocenters. The van der Waals surface area contributed by atoms with Gasteiger partial charge in [-0.25, -0.2) is 4.98 Å². The third kappa shape index (κ3) is 3.78.